The Morgan fingerprint density at radius 1 is 0.842 bits per heavy atom. The van der Waals surface area contributed by atoms with Crippen LogP contribution in [0.25, 0.3) is 0 Å². The third-order valence-electron chi connectivity index (χ3n) is 5.77. The summed E-state index contributed by atoms with van der Waals surface area (Å²) < 4.78 is 1.46. The van der Waals surface area contributed by atoms with Gasteiger partial charge in [0.15, 0.2) is 11.9 Å². The number of nitrogens with zero attached hydrogens (tertiary/aromatic N) is 4. The lowest BCUT2D eigenvalue weighted by molar-refractivity contribution is -0.124. The number of carbonyl (C=O) groups is 2. The van der Waals surface area contributed by atoms with E-state index in [4.69, 9.17) is 0 Å². The number of hydrogen-bond donors (Lipinski definition) is 3. The minimum absolute atomic E-state index is 0.0810. The molecule has 0 spiro atoms. The van der Waals surface area contributed by atoms with Crippen LogP contribution in [0, 0.1) is 0 Å². The van der Waals surface area contributed by atoms with Crippen LogP contribution in [0.2, 0.25) is 0 Å². The molecule has 10 nitrogen and oxygen atoms in total. The molecule has 194 valence electrons. The Balaban J connectivity index is 1.20. The molecular formula is C28H28N6O4. The van der Waals surface area contributed by atoms with E-state index >= 15 is 0 Å². The maximum atomic E-state index is 12.3. The molecule has 1 unspecified atom stereocenters. The zero-order valence-corrected chi connectivity index (χ0v) is 20.7. The number of carbonyl (C=O) groups excluding carboxylic acids is 2. The number of anilines is 2. The van der Waals surface area contributed by atoms with E-state index < -0.39 is 17.7 Å². The molecule has 0 bridgehead atoms. The number of aryl methyl sites for hydroxylation is 2. The van der Waals surface area contributed by atoms with Gasteiger partial charge >= 0.3 is 5.69 Å². The van der Waals surface area contributed by atoms with Crippen molar-refractivity contribution in [3.63, 3.8) is 0 Å². The molecule has 0 radical (unpaired) electrons. The Morgan fingerprint density at radius 2 is 1.58 bits per heavy atom. The fourth-order valence-electron chi connectivity index (χ4n) is 3.77. The summed E-state index contributed by atoms with van der Waals surface area (Å²) in [4.78, 5) is 40.7. The van der Waals surface area contributed by atoms with Gasteiger partial charge in [-0.2, -0.15) is 10.1 Å². The van der Waals surface area contributed by atoms with E-state index in [2.05, 4.69) is 25.8 Å². The maximum absolute atomic E-state index is 12.3. The van der Waals surface area contributed by atoms with Crippen LogP contribution in [-0.4, -0.2) is 36.7 Å². The first-order valence-electron chi connectivity index (χ1n) is 12.3. The summed E-state index contributed by atoms with van der Waals surface area (Å²) in [6, 6.07) is 23.0. The first-order chi connectivity index (χ1) is 18.5. The summed E-state index contributed by atoms with van der Waals surface area (Å²) in [5.41, 5.74) is 1.66. The van der Waals surface area contributed by atoms with Crippen molar-refractivity contribution in [3.05, 3.63) is 112 Å². The van der Waals surface area contributed by atoms with Crippen LogP contribution in [0.4, 0.5) is 11.6 Å². The summed E-state index contributed by atoms with van der Waals surface area (Å²) in [6.07, 6.45) is 2.61. The number of hydrogen-bond acceptors (Lipinski definition) is 7. The summed E-state index contributed by atoms with van der Waals surface area (Å²) in [5.74, 6) is -0.341. The van der Waals surface area contributed by atoms with Gasteiger partial charge < -0.3 is 15.7 Å². The highest BCUT2D eigenvalue weighted by molar-refractivity contribution is 5.93. The predicted octanol–water partition coefficient (Wildman–Crippen LogP) is 2.91. The second-order valence-corrected chi connectivity index (χ2v) is 8.67. The average Bonchev–Trinajstić information content (AvgIpc) is 2.93. The largest absolute Gasteiger partial charge is 0.378 e. The van der Waals surface area contributed by atoms with Crippen LogP contribution in [0.5, 0.6) is 0 Å². The van der Waals surface area contributed by atoms with Crippen LogP contribution in [0.3, 0.4) is 0 Å². The van der Waals surface area contributed by atoms with Crippen molar-refractivity contribution in [1.29, 1.82) is 0 Å². The van der Waals surface area contributed by atoms with Crippen LogP contribution in [0.1, 0.15) is 35.8 Å². The van der Waals surface area contributed by atoms with Crippen molar-refractivity contribution in [2.75, 3.05) is 10.6 Å². The van der Waals surface area contributed by atoms with Gasteiger partial charge in [-0.25, -0.2) is 4.79 Å². The van der Waals surface area contributed by atoms with Gasteiger partial charge in [0, 0.05) is 12.7 Å². The lowest BCUT2D eigenvalue weighted by Crippen LogP contribution is -2.27. The number of aliphatic hydroxyl groups is 1. The maximum Gasteiger partial charge on any atom is 0.349 e. The molecule has 0 aliphatic carbocycles. The summed E-state index contributed by atoms with van der Waals surface area (Å²) in [5, 5.41) is 23.6. The van der Waals surface area contributed by atoms with E-state index in [1.807, 2.05) is 36.4 Å². The van der Waals surface area contributed by atoms with E-state index in [1.54, 1.807) is 42.6 Å². The quantitative estimate of drug-likeness (QED) is 0.263. The van der Waals surface area contributed by atoms with Crippen LogP contribution >= 0.6 is 0 Å². The predicted molar refractivity (Wildman–Crippen MR) is 142 cm³/mol. The number of benzene rings is 2. The number of aliphatic hydroxyl groups excluding tert-OH is 1. The summed E-state index contributed by atoms with van der Waals surface area (Å²) in [6.45, 7) is 0.452. The van der Waals surface area contributed by atoms with Crippen LogP contribution in [0.15, 0.2) is 89.9 Å². The van der Waals surface area contributed by atoms with Crippen molar-refractivity contribution in [1.82, 2.24) is 19.7 Å². The Labute approximate surface area is 219 Å². The van der Waals surface area contributed by atoms with Crippen LogP contribution < -0.4 is 16.3 Å². The number of rotatable bonds is 11. The van der Waals surface area contributed by atoms with Gasteiger partial charge in [0.1, 0.15) is 5.82 Å². The molecule has 38 heavy (non-hydrogen) atoms. The van der Waals surface area contributed by atoms with Gasteiger partial charge in [0.2, 0.25) is 5.91 Å². The SMILES string of the molecule is O=C(Cc1ccccc1)Nc1ccc(CCCCn2ccc(NC(=O)C(O)c3ccccc3)nc2=O)nn1. The van der Waals surface area contributed by atoms with E-state index in [1.165, 1.54) is 10.6 Å². The molecule has 2 heterocycles. The number of nitrogens with one attached hydrogen (secondary N) is 2. The Morgan fingerprint density at radius 3 is 2.26 bits per heavy atom. The first kappa shape index (κ1) is 26.4. The topological polar surface area (TPSA) is 139 Å². The molecule has 0 aliphatic heterocycles. The summed E-state index contributed by atoms with van der Waals surface area (Å²) >= 11 is 0. The molecule has 4 aromatic rings. The van der Waals surface area contributed by atoms with E-state index in [-0.39, 0.29) is 18.1 Å². The molecule has 0 fully saturated rings. The zero-order chi connectivity index (χ0) is 26.7. The fourth-order valence-corrected chi connectivity index (χ4v) is 3.77. The molecule has 2 aromatic carbocycles. The Hall–Kier alpha value is -4.70. The zero-order valence-electron chi connectivity index (χ0n) is 20.7. The Kier molecular flexibility index (Phi) is 9.03. The van der Waals surface area contributed by atoms with Crippen molar-refractivity contribution in [3.8, 4) is 0 Å². The van der Waals surface area contributed by atoms with Crippen molar-refractivity contribution < 1.29 is 14.7 Å². The van der Waals surface area contributed by atoms with Gasteiger partial charge in [-0.3, -0.25) is 14.2 Å². The molecule has 10 heteroatoms. The second kappa shape index (κ2) is 13.0. The van der Waals surface area contributed by atoms with E-state index in [9.17, 15) is 19.5 Å². The standard InChI is InChI=1S/C28H28N6O4/c35-25(19-20-9-3-1-4-10-20)29-24-15-14-22(32-33-24)13-7-8-17-34-18-16-23(31-28(34)38)30-27(37)26(36)21-11-5-2-6-12-21/h1-6,9-12,14-16,18,26,36H,7-8,13,17,19H2,(H,29,33,35)(H,30,31,37,38). The van der Waals surface area contributed by atoms with Gasteiger partial charge in [0.25, 0.3) is 5.91 Å². The van der Waals surface area contributed by atoms with Crippen molar-refractivity contribution in [2.24, 2.45) is 0 Å². The monoisotopic (exact) mass is 512 g/mol. The highest BCUT2D eigenvalue weighted by atomic mass is 16.3. The molecule has 2 amide bonds. The molecule has 0 saturated carbocycles. The molecular weight excluding hydrogens is 484 g/mol. The van der Waals surface area contributed by atoms with Gasteiger partial charge in [0.05, 0.1) is 12.1 Å². The van der Waals surface area contributed by atoms with Crippen molar-refractivity contribution in [2.45, 2.75) is 38.3 Å². The fraction of sp³-hybridized carbons (Fsp3) is 0.214. The number of amides is 2. The average molecular weight is 513 g/mol. The molecule has 3 N–H and O–H groups in total. The number of aromatic nitrogens is 4. The summed E-state index contributed by atoms with van der Waals surface area (Å²) in [7, 11) is 0. The molecule has 0 aliphatic rings. The lowest BCUT2D eigenvalue weighted by atomic mass is 10.1. The molecule has 1 atom stereocenters. The van der Waals surface area contributed by atoms with Gasteiger partial charge in [-0.1, -0.05) is 60.7 Å². The van der Waals surface area contributed by atoms with E-state index in [0.717, 1.165) is 17.7 Å². The number of unbranched alkanes of at least 4 members (excludes halogenated alkanes) is 1. The lowest BCUT2D eigenvalue weighted by Gasteiger charge is -2.11. The third-order valence-corrected chi connectivity index (χ3v) is 5.77. The molecule has 0 saturated heterocycles. The Bertz CT molecular complexity index is 1410. The highest BCUT2D eigenvalue weighted by Gasteiger charge is 2.17. The van der Waals surface area contributed by atoms with E-state index in [0.29, 0.717) is 30.8 Å². The molecule has 2 aromatic heterocycles. The minimum atomic E-state index is -1.36. The molecule has 4 rings (SSSR count). The third kappa shape index (κ3) is 7.65. The first-order valence-corrected chi connectivity index (χ1v) is 12.3. The van der Waals surface area contributed by atoms with Gasteiger partial charge in [-0.05, 0) is 48.6 Å². The highest BCUT2D eigenvalue weighted by Crippen LogP contribution is 2.14. The minimum Gasteiger partial charge on any atom is -0.378 e. The van der Waals surface area contributed by atoms with Crippen LogP contribution in [-0.2, 0) is 29.0 Å². The van der Waals surface area contributed by atoms with Crippen molar-refractivity contribution >= 4 is 23.5 Å². The normalized spacial score (nSPS) is 11.5. The smallest absolute Gasteiger partial charge is 0.349 e. The van der Waals surface area contributed by atoms with Gasteiger partial charge in [-0.15, -0.1) is 5.10 Å². The second-order valence-electron chi connectivity index (χ2n) is 8.67.